The number of halogens is 2. The Morgan fingerprint density at radius 3 is 2.84 bits per heavy atom. The van der Waals surface area contributed by atoms with Crippen LogP contribution in [0.25, 0.3) is 6.08 Å². The standard InChI is InChI=1S/C15H13Cl2N3O3S2/c1-2-23-13(22)8-24-15-20-19-14(25-15)18-12(21)6-4-9-3-5-10(16)11(17)7-9/h3-7H,2,8H2,1H3,(H,18,19,21)/b6-4+. The zero-order valence-electron chi connectivity index (χ0n) is 13.0. The van der Waals surface area contributed by atoms with Gasteiger partial charge in [0.25, 0.3) is 0 Å². The number of anilines is 1. The number of rotatable bonds is 7. The predicted octanol–water partition coefficient (Wildman–Crippen LogP) is 4.15. The molecule has 0 saturated carbocycles. The number of carbonyl (C=O) groups is 2. The van der Waals surface area contributed by atoms with Gasteiger partial charge in [0.1, 0.15) is 0 Å². The number of ether oxygens (including phenoxy) is 1. The first kappa shape index (κ1) is 19.7. The molecular formula is C15H13Cl2N3O3S2. The number of hydrogen-bond acceptors (Lipinski definition) is 7. The third kappa shape index (κ3) is 6.66. The van der Waals surface area contributed by atoms with Crippen LogP contribution < -0.4 is 5.32 Å². The second-order valence-corrected chi connectivity index (χ2v) is 7.48. The number of amides is 1. The van der Waals surface area contributed by atoms with E-state index in [9.17, 15) is 9.59 Å². The lowest BCUT2D eigenvalue weighted by atomic mass is 10.2. The molecule has 1 heterocycles. The van der Waals surface area contributed by atoms with Crippen molar-refractivity contribution in [1.82, 2.24) is 10.2 Å². The highest BCUT2D eigenvalue weighted by atomic mass is 35.5. The van der Waals surface area contributed by atoms with E-state index in [1.807, 2.05) is 0 Å². The topological polar surface area (TPSA) is 81.2 Å². The van der Waals surface area contributed by atoms with E-state index in [2.05, 4.69) is 15.5 Å². The maximum atomic E-state index is 11.9. The van der Waals surface area contributed by atoms with Crippen LogP contribution in [0.5, 0.6) is 0 Å². The molecule has 0 aliphatic heterocycles. The molecule has 0 fully saturated rings. The van der Waals surface area contributed by atoms with Crippen LogP contribution in [0.15, 0.2) is 28.6 Å². The van der Waals surface area contributed by atoms with Gasteiger partial charge in [0.2, 0.25) is 11.0 Å². The van der Waals surface area contributed by atoms with Gasteiger partial charge in [-0.15, -0.1) is 10.2 Å². The predicted molar refractivity (Wildman–Crippen MR) is 101 cm³/mol. The second-order valence-electron chi connectivity index (χ2n) is 4.46. The molecule has 0 radical (unpaired) electrons. The summed E-state index contributed by atoms with van der Waals surface area (Å²) < 4.78 is 5.39. The van der Waals surface area contributed by atoms with Crippen molar-refractivity contribution >= 4 is 69.4 Å². The van der Waals surface area contributed by atoms with E-state index in [1.165, 1.54) is 29.2 Å². The summed E-state index contributed by atoms with van der Waals surface area (Å²) >= 11 is 14.1. The first-order chi connectivity index (χ1) is 12.0. The smallest absolute Gasteiger partial charge is 0.316 e. The van der Waals surface area contributed by atoms with Crippen LogP contribution in [0.1, 0.15) is 12.5 Å². The van der Waals surface area contributed by atoms with Crippen LogP contribution in [0.3, 0.4) is 0 Å². The van der Waals surface area contributed by atoms with E-state index in [0.29, 0.717) is 26.1 Å². The van der Waals surface area contributed by atoms with E-state index in [1.54, 1.807) is 31.2 Å². The highest BCUT2D eigenvalue weighted by Crippen LogP contribution is 2.26. The van der Waals surface area contributed by atoms with E-state index in [0.717, 1.165) is 5.56 Å². The number of aromatic nitrogens is 2. The van der Waals surface area contributed by atoms with Crippen molar-refractivity contribution in [2.75, 3.05) is 17.7 Å². The molecule has 2 rings (SSSR count). The van der Waals surface area contributed by atoms with Crippen molar-refractivity contribution in [1.29, 1.82) is 0 Å². The fraction of sp³-hybridized carbons (Fsp3) is 0.200. The van der Waals surface area contributed by atoms with Crippen molar-refractivity contribution < 1.29 is 14.3 Å². The van der Waals surface area contributed by atoms with Crippen molar-refractivity contribution in [3.05, 3.63) is 39.9 Å². The second kappa shape index (κ2) is 9.76. The Kier molecular flexibility index (Phi) is 7.70. The number of nitrogens with zero attached hydrogens (tertiary/aromatic N) is 2. The summed E-state index contributed by atoms with van der Waals surface area (Å²) in [4.78, 5) is 23.2. The van der Waals surface area contributed by atoms with Crippen molar-refractivity contribution in [3.8, 4) is 0 Å². The number of carbonyl (C=O) groups excluding carboxylic acids is 2. The van der Waals surface area contributed by atoms with Gasteiger partial charge in [-0.2, -0.15) is 0 Å². The van der Waals surface area contributed by atoms with Gasteiger partial charge in [-0.1, -0.05) is 52.4 Å². The molecule has 6 nitrogen and oxygen atoms in total. The van der Waals surface area contributed by atoms with E-state index < -0.39 is 0 Å². The number of esters is 1. The Balaban J connectivity index is 1.87. The Morgan fingerprint density at radius 2 is 2.12 bits per heavy atom. The maximum absolute atomic E-state index is 11.9. The molecule has 0 spiro atoms. The summed E-state index contributed by atoms with van der Waals surface area (Å²) in [6.07, 6.45) is 2.96. The number of nitrogens with one attached hydrogen (secondary N) is 1. The molecule has 1 aromatic carbocycles. The van der Waals surface area contributed by atoms with Gasteiger partial charge in [-0.3, -0.25) is 14.9 Å². The minimum Gasteiger partial charge on any atom is -0.465 e. The summed E-state index contributed by atoms with van der Waals surface area (Å²) in [5.41, 5.74) is 0.743. The van der Waals surface area contributed by atoms with E-state index in [-0.39, 0.29) is 17.6 Å². The number of thioether (sulfide) groups is 1. The third-order valence-electron chi connectivity index (χ3n) is 2.63. The minimum atomic E-state index is -0.357. The molecule has 1 N–H and O–H groups in total. The molecule has 2 aromatic rings. The van der Waals surface area contributed by atoms with E-state index in [4.69, 9.17) is 27.9 Å². The lowest BCUT2D eigenvalue weighted by Gasteiger charge is -1.98. The van der Waals surface area contributed by atoms with Gasteiger partial charge in [0.15, 0.2) is 4.34 Å². The summed E-state index contributed by atoms with van der Waals surface area (Å²) in [5.74, 6) is -0.532. The molecule has 0 atom stereocenters. The highest BCUT2D eigenvalue weighted by Gasteiger charge is 2.09. The van der Waals surface area contributed by atoms with E-state index >= 15 is 0 Å². The fourth-order valence-corrected chi connectivity index (χ4v) is 3.44. The quantitative estimate of drug-likeness (QED) is 0.315. The molecule has 1 amide bonds. The summed E-state index contributed by atoms with van der Waals surface area (Å²) in [6, 6.07) is 5.05. The summed E-state index contributed by atoms with van der Waals surface area (Å²) in [7, 11) is 0. The zero-order chi connectivity index (χ0) is 18.2. The number of hydrogen-bond donors (Lipinski definition) is 1. The molecule has 10 heteroatoms. The van der Waals surface area contributed by atoms with Crippen molar-refractivity contribution in [2.45, 2.75) is 11.3 Å². The van der Waals surface area contributed by atoms with Crippen molar-refractivity contribution in [3.63, 3.8) is 0 Å². The Morgan fingerprint density at radius 1 is 1.32 bits per heavy atom. The minimum absolute atomic E-state index is 0.146. The Hall–Kier alpha value is -1.61. The van der Waals surface area contributed by atoms with Gasteiger partial charge in [0.05, 0.1) is 22.4 Å². The first-order valence-electron chi connectivity index (χ1n) is 7.04. The average molecular weight is 418 g/mol. The molecule has 0 bridgehead atoms. The molecular weight excluding hydrogens is 405 g/mol. The van der Waals surface area contributed by atoms with Gasteiger partial charge < -0.3 is 4.74 Å². The molecule has 132 valence electrons. The van der Waals surface area contributed by atoms with Crippen LogP contribution >= 0.6 is 46.3 Å². The molecule has 0 aliphatic rings. The first-order valence-corrected chi connectivity index (χ1v) is 9.59. The molecule has 0 aliphatic carbocycles. The normalized spacial score (nSPS) is 10.8. The van der Waals surface area contributed by atoms with Crippen LogP contribution in [0.4, 0.5) is 5.13 Å². The van der Waals surface area contributed by atoms with Gasteiger partial charge in [0, 0.05) is 6.08 Å². The van der Waals surface area contributed by atoms with Crippen LogP contribution in [-0.2, 0) is 14.3 Å². The Bertz CT molecular complexity index is 796. The highest BCUT2D eigenvalue weighted by molar-refractivity contribution is 8.01. The van der Waals surface area contributed by atoms with Gasteiger partial charge in [-0.05, 0) is 30.7 Å². The zero-order valence-corrected chi connectivity index (χ0v) is 16.1. The molecule has 25 heavy (non-hydrogen) atoms. The maximum Gasteiger partial charge on any atom is 0.316 e. The van der Waals surface area contributed by atoms with Crippen LogP contribution in [-0.4, -0.2) is 34.4 Å². The lowest BCUT2D eigenvalue weighted by molar-refractivity contribution is -0.139. The van der Waals surface area contributed by atoms with Gasteiger partial charge >= 0.3 is 5.97 Å². The molecule has 0 unspecified atom stereocenters. The van der Waals surface area contributed by atoms with Crippen molar-refractivity contribution in [2.24, 2.45) is 0 Å². The van der Waals surface area contributed by atoms with Crippen LogP contribution in [0.2, 0.25) is 10.0 Å². The molecule has 1 aromatic heterocycles. The van der Waals surface area contributed by atoms with Crippen LogP contribution in [0, 0.1) is 0 Å². The molecule has 0 saturated heterocycles. The SMILES string of the molecule is CCOC(=O)CSc1nnc(NC(=O)/C=C/c2ccc(Cl)c(Cl)c2)s1. The monoisotopic (exact) mass is 417 g/mol. The fourth-order valence-electron chi connectivity index (χ4n) is 1.58. The largest absolute Gasteiger partial charge is 0.465 e. The summed E-state index contributed by atoms with van der Waals surface area (Å²) in [5, 5.41) is 11.6. The lowest BCUT2D eigenvalue weighted by Crippen LogP contribution is -2.07. The Labute approximate surface area is 162 Å². The van der Waals surface area contributed by atoms with Gasteiger partial charge in [-0.25, -0.2) is 0 Å². The third-order valence-corrected chi connectivity index (χ3v) is 5.31. The number of benzene rings is 1. The average Bonchev–Trinajstić information content (AvgIpc) is 3.02. The summed E-state index contributed by atoms with van der Waals surface area (Å²) in [6.45, 7) is 2.08.